The molecule has 9 heteroatoms. The van der Waals surface area contributed by atoms with Crippen molar-refractivity contribution < 1.29 is 29.3 Å². The van der Waals surface area contributed by atoms with Gasteiger partial charge in [0.15, 0.2) is 11.5 Å². The second-order valence-electron chi connectivity index (χ2n) is 7.07. The third kappa shape index (κ3) is 8.53. The van der Waals surface area contributed by atoms with E-state index in [4.69, 9.17) is 21.1 Å². The van der Waals surface area contributed by atoms with Gasteiger partial charge in [-0.25, -0.2) is 0 Å². The number of methoxy groups -OCH3 is 2. The monoisotopic (exact) mass is 468 g/mol. The Labute approximate surface area is 194 Å². The van der Waals surface area contributed by atoms with E-state index in [2.05, 4.69) is 10.6 Å². The van der Waals surface area contributed by atoms with Gasteiger partial charge < -0.3 is 30.3 Å². The number of benzene rings is 1. The van der Waals surface area contributed by atoms with E-state index in [1.807, 2.05) is 13.8 Å². The highest BCUT2D eigenvalue weighted by Gasteiger charge is 2.16. The average molecular weight is 469 g/mol. The molecular weight excluding hydrogens is 436 g/mol. The van der Waals surface area contributed by atoms with Crippen molar-refractivity contribution in [3.05, 3.63) is 41.5 Å². The molecule has 0 fully saturated rings. The van der Waals surface area contributed by atoms with Gasteiger partial charge in [-0.3, -0.25) is 9.59 Å². The highest BCUT2D eigenvalue weighted by atomic mass is 35.5. The van der Waals surface area contributed by atoms with Crippen LogP contribution >= 0.6 is 11.6 Å². The molecule has 0 aliphatic rings. The molecule has 0 saturated heterocycles. The molecule has 1 aromatic carbocycles. The Hall–Kier alpha value is -2.55. The van der Waals surface area contributed by atoms with Gasteiger partial charge in [-0.1, -0.05) is 31.5 Å². The molecule has 0 saturated carbocycles. The Bertz CT molecular complexity index is 817. The molecule has 178 valence electrons. The maximum Gasteiger partial charge on any atom is 0.244 e. The van der Waals surface area contributed by atoms with E-state index < -0.39 is 5.91 Å². The van der Waals surface area contributed by atoms with Gasteiger partial charge in [0.2, 0.25) is 11.8 Å². The summed E-state index contributed by atoms with van der Waals surface area (Å²) in [6.45, 7) is 3.35. The highest BCUT2D eigenvalue weighted by molar-refractivity contribution is 6.49. The first-order chi connectivity index (χ1) is 15.3. The van der Waals surface area contributed by atoms with E-state index in [0.29, 0.717) is 35.5 Å². The Morgan fingerprint density at radius 1 is 1.00 bits per heavy atom. The number of rotatable bonds is 13. The number of aliphatic hydroxyl groups excluding tert-OH is 2. The SMILES string of the molecule is CCC(CO)NC(=O)/C=C/C(CC(=O)NC(CC)CO)=C(/Cl)c1ccc(OC)c(OC)c1. The fraction of sp³-hybridized carbons (Fsp3) is 0.478. The number of amides is 2. The highest BCUT2D eigenvalue weighted by Crippen LogP contribution is 2.34. The van der Waals surface area contributed by atoms with E-state index >= 15 is 0 Å². The number of carbonyl (C=O) groups is 2. The smallest absolute Gasteiger partial charge is 0.244 e. The molecule has 0 bridgehead atoms. The van der Waals surface area contributed by atoms with E-state index in [0.717, 1.165) is 0 Å². The number of aliphatic hydroxyl groups is 2. The summed E-state index contributed by atoms with van der Waals surface area (Å²) >= 11 is 6.62. The van der Waals surface area contributed by atoms with E-state index in [1.165, 1.54) is 26.4 Å². The Balaban J connectivity index is 3.27. The molecule has 0 aromatic heterocycles. The van der Waals surface area contributed by atoms with Crippen LogP contribution < -0.4 is 20.1 Å². The van der Waals surface area contributed by atoms with Gasteiger partial charge in [0.05, 0.1) is 51.0 Å². The molecule has 0 aliphatic heterocycles. The predicted octanol–water partition coefficient (Wildman–Crippen LogP) is 2.37. The normalized spacial score (nSPS) is 13.8. The zero-order chi connectivity index (χ0) is 24.1. The van der Waals surface area contributed by atoms with Crippen LogP contribution in [0.4, 0.5) is 0 Å². The number of halogens is 1. The van der Waals surface area contributed by atoms with Crippen LogP contribution in [0, 0.1) is 0 Å². The number of ether oxygens (including phenoxy) is 2. The lowest BCUT2D eigenvalue weighted by Gasteiger charge is -2.16. The minimum Gasteiger partial charge on any atom is -0.493 e. The van der Waals surface area contributed by atoms with Crippen LogP contribution in [0.25, 0.3) is 5.03 Å². The van der Waals surface area contributed by atoms with Gasteiger partial charge >= 0.3 is 0 Å². The summed E-state index contributed by atoms with van der Waals surface area (Å²) in [5.41, 5.74) is 0.976. The fourth-order valence-corrected chi connectivity index (χ4v) is 3.05. The van der Waals surface area contributed by atoms with Crippen LogP contribution in [0.15, 0.2) is 35.9 Å². The summed E-state index contributed by atoms with van der Waals surface area (Å²) in [7, 11) is 3.02. The molecule has 4 N–H and O–H groups in total. The van der Waals surface area contributed by atoms with E-state index in [-0.39, 0.29) is 42.7 Å². The van der Waals surface area contributed by atoms with Gasteiger partial charge in [-0.2, -0.15) is 0 Å². The maximum atomic E-state index is 12.5. The van der Waals surface area contributed by atoms with Crippen LogP contribution in [-0.4, -0.2) is 61.5 Å². The third-order valence-electron chi connectivity index (χ3n) is 4.84. The second kappa shape index (κ2) is 14.5. The standard InChI is InChI=1S/C23H33ClN2O6/c1-5-17(13-27)25-21(29)10-8-16(12-22(30)26-18(6-2)14-28)23(24)15-7-9-19(31-3)20(11-15)32-4/h7-11,17-18,27-28H,5-6,12-14H2,1-4H3,(H,25,29)(H,26,30)/b10-8+,23-16-. The van der Waals surface area contributed by atoms with E-state index in [1.54, 1.807) is 18.2 Å². The van der Waals surface area contributed by atoms with Crippen molar-refractivity contribution in [1.82, 2.24) is 10.6 Å². The van der Waals surface area contributed by atoms with Crippen LogP contribution in [0.5, 0.6) is 11.5 Å². The number of carbonyl (C=O) groups excluding carboxylic acids is 2. The fourth-order valence-electron chi connectivity index (χ4n) is 2.80. The number of nitrogens with one attached hydrogen (secondary N) is 2. The number of hydrogen-bond acceptors (Lipinski definition) is 6. The lowest BCUT2D eigenvalue weighted by Crippen LogP contribution is -2.37. The van der Waals surface area contributed by atoms with Crippen LogP contribution in [0.3, 0.4) is 0 Å². The molecule has 0 aliphatic carbocycles. The van der Waals surface area contributed by atoms with Crippen LogP contribution in [0.2, 0.25) is 0 Å². The molecule has 0 radical (unpaired) electrons. The first-order valence-electron chi connectivity index (χ1n) is 10.4. The molecule has 32 heavy (non-hydrogen) atoms. The lowest BCUT2D eigenvalue weighted by atomic mass is 10.1. The minimum atomic E-state index is -0.414. The molecule has 1 rings (SSSR count). The van der Waals surface area contributed by atoms with Crippen molar-refractivity contribution in [2.24, 2.45) is 0 Å². The van der Waals surface area contributed by atoms with Gasteiger partial charge in [0.25, 0.3) is 0 Å². The molecular formula is C23H33ClN2O6. The first-order valence-corrected chi connectivity index (χ1v) is 10.8. The lowest BCUT2D eigenvalue weighted by molar-refractivity contribution is -0.121. The van der Waals surface area contributed by atoms with Gasteiger partial charge in [0, 0.05) is 6.08 Å². The van der Waals surface area contributed by atoms with Crippen molar-refractivity contribution >= 4 is 28.4 Å². The molecule has 2 amide bonds. The van der Waals surface area contributed by atoms with Gasteiger partial charge in [-0.05, 0) is 42.2 Å². The van der Waals surface area contributed by atoms with Crippen LogP contribution in [-0.2, 0) is 9.59 Å². The van der Waals surface area contributed by atoms with Gasteiger partial charge in [-0.15, -0.1) is 0 Å². The number of allylic oxidation sites excluding steroid dienone is 1. The Morgan fingerprint density at radius 2 is 1.59 bits per heavy atom. The van der Waals surface area contributed by atoms with Crippen molar-refractivity contribution in [3.63, 3.8) is 0 Å². The van der Waals surface area contributed by atoms with Crippen LogP contribution in [0.1, 0.15) is 38.7 Å². The van der Waals surface area contributed by atoms with Gasteiger partial charge in [0.1, 0.15) is 0 Å². The number of hydrogen-bond donors (Lipinski definition) is 4. The average Bonchev–Trinajstić information content (AvgIpc) is 2.82. The van der Waals surface area contributed by atoms with Crippen molar-refractivity contribution in [2.45, 2.75) is 45.2 Å². The summed E-state index contributed by atoms with van der Waals surface area (Å²) in [4.78, 5) is 24.8. The summed E-state index contributed by atoms with van der Waals surface area (Å²) in [6, 6.07) is 4.35. The quantitative estimate of drug-likeness (QED) is 0.261. The zero-order valence-corrected chi connectivity index (χ0v) is 19.7. The topological polar surface area (TPSA) is 117 Å². The first kappa shape index (κ1) is 27.5. The van der Waals surface area contributed by atoms with E-state index in [9.17, 15) is 19.8 Å². The molecule has 2 atom stereocenters. The van der Waals surface area contributed by atoms with Crippen molar-refractivity contribution in [3.8, 4) is 11.5 Å². The zero-order valence-electron chi connectivity index (χ0n) is 19.0. The second-order valence-corrected chi connectivity index (χ2v) is 7.45. The largest absolute Gasteiger partial charge is 0.493 e. The summed E-state index contributed by atoms with van der Waals surface area (Å²) in [6.07, 6.45) is 3.78. The maximum absolute atomic E-state index is 12.5. The van der Waals surface area contributed by atoms with Crippen molar-refractivity contribution in [2.75, 3.05) is 27.4 Å². The minimum absolute atomic E-state index is 0.106. The molecule has 8 nitrogen and oxygen atoms in total. The summed E-state index contributed by atoms with van der Waals surface area (Å²) < 4.78 is 10.6. The third-order valence-corrected chi connectivity index (χ3v) is 5.30. The molecule has 2 unspecified atom stereocenters. The molecule has 0 heterocycles. The molecule has 0 spiro atoms. The predicted molar refractivity (Wildman–Crippen MR) is 125 cm³/mol. The molecule has 1 aromatic rings. The summed E-state index contributed by atoms with van der Waals surface area (Å²) in [5, 5.41) is 24.3. The Morgan fingerprint density at radius 3 is 2.12 bits per heavy atom. The van der Waals surface area contributed by atoms with Crippen molar-refractivity contribution in [1.29, 1.82) is 0 Å². The summed E-state index contributed by atoms with van der Waals surface area (Å²) in [5.74, 6) is 0.237. The Kier molecular flexibility index (Phi) is 12.5.